The highest BCUT2D eigenvalue weighted by molar-refractivity contribution is 5.98. The van der Waals surface area contributed by atoms with E-state index in [4.69, 9.17) is 15.6 Å². The molecular formula is C23H29N7O2. The molecule has 1 unspecified atom stereocenters. The maximum atomic E-state index is 12.6. The molecule has 3 aromatic rings. The topological polar surface area (TPSA) is 102 Å². The van der Waals surface area contributed by atoms with Crippen LogP contribution in [0, 0.1) is 6.92 Å². The number of rotatable bonds is 6. The molecular weight excluding hydrogens is 406 g/mol. The lowest BCUT2D eigenvalue weighted by Crippen LogP contribution is -2.28. The summed E-state index contributed by atoms with van der Waals surface area (Å²) in [5, 5.41) is 5.62. The second-order valence-corrected chi connectivity index (χ2v) is 8.33. The summed E-state index contributed by atoms with van der Waals surface area (Å²) in [5.41, 5.74) is 9.56. The van der Waals surface area contributed by atoms with Gasteiger partial charge in [0.25, 0.3) is 0 Å². The quantitative estimate of drug-likeness (QED) is 0.593. The normalized spacial score (nSPS) is 16.5. The van der Waals surface area contributed by atoms with Gasteiger partial charge in [-0.3, -0.25) is 4.79 Å². The van der Waals surface area contributed by atoms with Gasteiger partial charge in [-0.1, -0.05) is 18.2 Å². The van der Waals surface area contributed by atoms with Crippen molar-refractivity contribution >= 4 is 22.8 Å². The molecule has 0 bridgehead atoms. The fourth-order valence-electron chi connectivity index (χ4n) is 4.03. The molecule has 0 spiro atoms. The van der Waals surface area contributed by atoms with Crippen LogP contribution in [0.2, 0.25) is 0 Å². The standard InChI is InChI=1S/C23H29N7O2/c1-15-7-8-16(12-18(15)32-4)21-20-22(24)25-14-26-23(20)30(27-21)17-9-11-29(13-17)19(31)6-5-10-28(2)3/h5-8,12,14,17H,9-11,13H2,1-4H3,(H2,24,25,26)/b6-5+. The molecule has 4 rings (SSSR count). The van der Waals surface area contributed by atoms with Gasteiger partial charge in [-0.15, -0.1) is 0 Å². The number of likely N-dealkylation sites (N-methyl/N-ethyl adjacent to an activating group) is 1. The molecule has 0 aliphatic carbocycles. The molecule has 3 heterocycles. The minimum Gasteiger partial charge on any atom is -0.496 e. The molecule has 1 fully saturated rings. The van der Waals surface area contributed by atoms with Gasteiger partial charge in [0.05, 0.1) is 18.5 Å². The number of ether oxygens (including phenoxy) is 1. The molecule has 0 radical (unpaired) electrons. The largest absolute Gasteiger partial charge is 0.496 e. The molecule has 1 atom stereocenters. The number of likely N-dealkylation sites (tertiary alicyclic amines) is 1. The first-order valence-corrected chi connectivity index (χ1v) is 10.6. The summed E-state index contributed by atoms with van der Waals surface area (Å²) in [6, 6.07) is 5.96. The molecule has 1 aliphatic heterocycles. The third-order valence-electron chi connectivity index (χ3n) is 5.75. The second kappa shape index (κ2) is 8.96. The third kappa shape index (κ3) is 4.16. The molecule has 1 saturated heterocycles. The fourth-order valence-corrected chi connectivity index (χ4v) is 4.03. The summed E-state index contributed by atoms with van der Waals surface area (Å²) in [5.74, 6) is 1.18. The molecule has 2 N–H and O–H groups in total. The lowest BCUT2D eigenvalue weighted by molar-refractivity contribution is -0.125. The van der Waals surface area contributed by atoms with Gasteiger partial charge in [-0.2, -0.15) is 5.10 Å². The average molecular weight is 436 g/mol. The van der Waals surface area contributed by atoms with E-state index in [0.29, 0.717) is 35.6 Å². The number of aryl methyl sites for hydroxylation is 1. The van der Waals surface area contributed by atoms with E-state index >= 15 is 0 Å². The molecule has 0 saturated carbocycles. The number of nitrogens with two attached hydrogens (primary N) is 1. The first kappa shape index (κ1) is 21.8. The first-order chi connectivity index (χ1) is 15.4. The number of aromatic nitrogens is 4. The van der Waals surface area contributed by atoms with Crippen LogP contribution in [0.15, 0.2) is 36.7 Å². The second-order valence-electron chi connectivity index (χ2n) is 8.33. The molecule has 1 aromatic carbocycles. The van der Waals surface area contributed by atoms with Crippen LogP contribution in [0.4, 0.5) is 5.82 Å². The molecule has 1 amide bonds. The van der Waals surface area contributed by atoms with E-state index in [2.05, 4.69) is 9.97 Å². The van der Waals surface area contributed by atoms with Crippen LogP contribution in [0.5, 0.6) is 5.75 Å². The van der Waals surface area contributed by atoms with Crippen molar-refractivity contribution in [3.05, 3.63) is 42.2 Å². The van der Waals surface area contributed by atoms with Crippen LogP contribution < -0.4 is 10.5 Å². The Kier molecular flexibility index (Phi) is 6.09. The molecule has 32 heavy (non-hydrogen) atoms. The van der Waals surface area contributed by atoms with E-state index in [0.717, 1.165) is 29.8 Å². The summed E-state index contributed by atoms with van der Waals surface area (Å²) in [6.07, 6.45) is 5.78. The third-order valence-corrected chi connectivity index (χ3v) is 5.75. The summed E-state index contributed by atoms with van der Waals surface area (Å²) in [4.78, 5) is 25.1. The van der Waals surface area contributed by atoms with Gasteiger partial charge in [-0.25, -0.2) is 14.6 Å². The monoisotopic (exact) mass is 435 g/mol. The van der Waals surface area contributed by atoms with Gasteiger partial charge in [0.15, 0.2) is 5.65 Å². The summed E-state index contributed by atoms with van der Waals surface area (Å²) in [6.45, 7) is 3.97. The van der Waals surface area contributed by atoms with Crippen molar-refractivity contribution in [1.82, 2.24) is 29.5 Å². The number of nitrogens with zero attached hydrogens (tertiary/aromatic N) is 6. The Hall–Kier alpha value is -3.46. The maximum Gasteiger partial charge on any atom is 0.246 e. The Morgan fingerprint density at radius 3 is 2.91 bits per heavy atom. The number of fused-ring (bicyclic) bond motifs is 1. The van der Waals surface area contributed by atoms with Crippen LogP contribution in [0.3, 0.4) is 0 Å². The number of methoxy groups -OCH3 is 1. The molecule has 1 aliphatic rings. The number of benzene rings is 1. The van der Waals surface area contributed by atoms with Crippen LogP contribution in [0.25, 0.3) is 22.3 Å². The van der Waals surface area contributed by atoms with Crippen LogP contribution in [0.1, 0.15) is 18.0 Å². The zero-order chi connectivity index (χ0) is 22.8. The Labute approximate surface area is 187 Å². The van der Waals surface area contributed by atoms with Crippen molar-refractivity contribution in [2.24, 2.45) is 0 Å². The highest BCUT2D eigenvalue weighted by Gasteiger charge is 2.30. The zero-order valence-corrected chi connectivity index (χ0v) is 18.9. The Bertz CT molecular complexity index is 1170. The van der Waals surface area contributed by atoms with Gasteiger partial charge in [0, 0.05) is 31.3 Å². The maximum absolute atomic E-state index is 12.6. The molecule has 9 nitrogen and oxygen atoms in total. The van der Waals surface area contributed by atoms with Crippen molar-refractivity contribution < 1.29 is 9.53 Å². The van der Waals surface area contributed by atoms with Crippen LogP contribution >= 0.6 is 0 Å². The van der Waals surface area contributed by atoms with Gasteiger partial charge in [-0.05, 0) is 39.1 Å². The smallest absolute Gasteiger partial charge is 0.246 e. The fraction of sp³-hybridized carbons (Fsp3) is 0.391. The van der Waals surface area contributed by atoms with E-state index in [9.17, 15) is 4.79 Å². The minimum atomic E-state index is 0.0130. The Balaban J connectivity index is 1.67. The number of hydrogen-bond donors (Lipinski definition) is 1. The van der Waals surface area contributed by atoms with Gasteiger partial charge in [0.2, 0.25) is 5.91 Å². The predicted molar refractivity (Wildman–Crippen MR) is 124 cm³/mol. The molecule has 2 aromatic heterocycles. The van der Waals surface area contributed by atoms with Crippen molar-refractivity contribution in [3.8, 4) is 17.0 Å². The highest BCUT2D eigenvalue weighted by Crippen LogP contribution is 2.35. The van der Waals surface area contributed by atoms with Crippen molar-refractivity contribution in [1.29, 1.82) is 0 Å². The van der Waals surface area contributed by atoms with Gasteiger partial charge < -0.3 is 20.3 Å². The van der Waals surface area contributed by atoms with E-state index in [1.165, 1.54) is 6.33 Å². The van der Waals surface area contributed by atoms with Crippen LogP contribution in [-0.2, 0) is 4.79 Å². The molecule has 9 heteroatoms. The summed E-state index contributed by atoms with van der Waals surface area (Å²) >= 11 is 0. The number of amides is 1. The van der Waals surface area contributed by atoms with Gasteiger partial charge >= 0.3 is 0 Å². The van der Waals surface area contributed by atoms with E-state index in [1.54, 1.807) is 13.2 Å². The SMILES string of the molecule is COc1cc(-c2nn(C3CCN(C(=O)/C=C/CN(C)C)C3)c3ncnc(N)c23)ccc1C. The average Bonchev–Trinajstić information content (AvgIpc) is 3.39. The van der Waals surface area contributed by atoms with Crippen molar-refractivity contribution in [3.63, 3.8) is 0 Å². The summed E-state index contributed by atoms with van der Waals surface area (Å²) < 4.78 is 7.39. The van der Waals surface area contributed by atoms with E-state index in [-0.39, 0.29) is 11.9 Å². The number of nitrogen functional groups attached to an aromatic ring is 1. The summed E-state index contributed by atoms with van der Waals surface area (Å²) in [7, 11) is 5.59. The van der Waals surface area contributed by atoms with Crippen molar-refractivity contribution in [2.45, 2.75) is 19.4 Å². The lowest BCUT2D eigenvalue weighted by atomic mass is 10.1. The Morgan fingerprint density at radius 2 is 2.16 bits per heavy atom. The van der Waals surface area contributed by atoms with E-state index < -0.39 is 0 Å². The highest BCUT2D eigenvalue weighted by atomic mass is 16.5. The number of anilines is 1. The van der Waals surface area contributed by atoms with Crippen molar-refractivity contribution in [2.75, 3.05) is 46.6 Å². The minimum absolute atomic E-state index is 0.0130. The number of hydrogen-bond acceptors (Lipinski definition) is 7. The number of carbonyl (C=O) groups excluding carboxylic acids is 1. The van der Waals surface area contributed by atoms with E-state index in [1.807, 2.05) is 59.8 Å². The molecule has 168 valence electrons. The lowest BCUT2D eigenvalue weighted by Gasteiger charge is -2.15. The zero-order valence-electron chi connectivity index (χ0n) is 18.9. The predicted octanol–water partition coefficient (Wildman–Crippen LogP) is 2.28. The van der Waals surface area contributed by atoms with Crippen LogP contribution in [-0.4, -0.2) is 76.3 Å². The first-order valence-electron chi connectivity index (χ1n) is 10.6. The van der Waals surface area contributed by atoms with Gasteiger partial charge in [0.1, 0.15) is 23.6 Å². The number of carbonyl (C=O) groups is 1. The Morgan fingerprint density at radius 1 is 1.34 bits per heavy atom.